The molecule has 0 fully saturated rings. The third-order valence-corrected chi connectivity index (χ3v) is 11.0. The summed E-state index contributed by atoms with van der Waals surface area (Å²) in [5.74, 6) is 0. The van der Waals surface area contributed by atoms with Crippen LogP contribution < -0.4 is 88.7 Å². The monoisotopic (exact) mass is 949 g/mol. The maximum atomic E-state index is 10.2. The van der Waals surface area contributed by atoms with Crippen molar-refractivity contribution in [1.82, 2.24) is 0 Å². The Bertz CT molecular complexity index is 1120. The van der Waals surface area contributed by atoms with E-state index in [-0.39, 0.29) is 108 Å². The molecule has 0 heterocycles. The van der Waals surface area contributed by atoms with Gasteiger partial charge < -0.3 is 13.7 Å². The van der Waals surface area contributed by atoms with Gasteiger partial charge in [-0.05, 0) is 19.3 Å². The van der Waals surface area contributed by atoms with Crippen LogP contribution in [0.1, 0.15) is 252 Å². The molecule has 60 heavy (non-hydrogen) atoms. The molecule has 0 aromatic rings. The van der Waals surface area contributed by atoms with Crippen LogP contribution in [0.2, 0.25) is 0 Å². The van der Waals surface area contributed by atoms with Gasteiger partial charge in [0.1, 0.15) is 0 Å². The Labute approximate surface area is 438 Å². The number of unbranched alkanes of at least 4 members (excludes halogenated alkanes) is 33. The SMILES string of the molecule is CCCCCCCCCCCCCCCCOS(=O)(=O)[O-].CCCCCCCCCCCCCCOS(=O)(=O)[O-].CCCCCCCCCCCCOS(=O)(=O)[O-].[Na+].[Na+].[Na+]. The van der Waals surface area contributed by atoms with E-state index in [1.54, 1.807) is 0 Å². The molecule has 0 aliphatic heterocycles. The van der Waals surface area contributed by atoms with Gasteiger partial charge in [-0.15, -0.1) is 0 Å². The third kappa shape index (κ3) is 84.1. The summed E-state index contributed by atoms with van der Waals surface area (Å²) in [6.45, 7) is 6.79. The van der Waals surface area contributed by atoms with E-state index in [2.05, 4.69) is 33.3 Å². The predicted octanol–water partition coefficient (Wildman–Crippen LogP) is 3.50. The van der Waals surface area contributed by atoms with Crippen LogP contribution >= 0.6 is 0 Å². The summed E-state index contributed by atoms with van der Waals surface area (Å²) < 4.78 is 104. The molecular weight excluding hydrogens is 862 g/mol. The third-order valence-electron chi connectivity index (χ3n) is 9.68. The van der Waals surface area contributed by atoms with Crippen molar-refractivity contribution in [2.24, 2.45) is 0 Å². The minimum atomic E-state index is -4.49. The van der Waals surface area contributed by atoms with Crippen LogP contribution in [0.3, 0.4) is 0 Å². The smallest absolute Gasteiger partial charge is 0.726 e. The fourth-order valence-corrected chi connectivity index (χ4v) is 7.28. The Morgan fingerprint density at radius 1 is 0.250 bits per heavy atom. The fourth-order valence-electron chi connectivity index (χ4n) is 6.31. The van der Waals surface area contributed by atoms with Crippen LogP contribution in [-0.2, 0) is 43.7 Å². The van der Waals surface area contributed by atoms with Crippen LogP contribution in [-0.4, -0.2) is 58.7 Å². The summed E-state index contributed by atoms with van der Waals surface area (Å²) in [5, 5.41) is 0. The van der Waals surface area contributed by atoms with E-state index in [0.29, 0.717) is 19.3 Å². The average Bonchev–Trinajstić information content (AvgIpc) is 3.13. The fraction of sp³-hybridized carbons (Fsp3) is 1.00. The maximum absolute atomic E-state index is 10.2. The van der Waals surface area contributed by atoms with E-state index < -0.39 is 31.2 Å². The van der Waals surface area contributed by atoms with Gasteiger partial charge in [0.05, 0.1) is 19.8 Å². The van der Waals surface area contributed by atoms with Crippen molar-refractivity contribution in [3.63, 3.8) is 0 Å². The topological polar surface area (TPSA) is 199 Å². The first-order valence-corrected chi connectivity index (χ1v) is 27.0. The molecule has 0 unspecified atom stereocenters. The van der Waals surface area contributed by atoms with E-state index in [0.717, 1.165) is 38.5 Å². The van der Waals surface area contributed by atoms with Gasteiger partial charge in [-0.25, -0.2) is 25.3 Å². The summed E-state index contributed by atoms with van der Waals surface area (Å²) in [6, 6.07) is 0. The first-order chi connectivity index (χ1) is 27.2. The molecule has 0 bridgehead atoms. The summed E-state index contributed by atoms with van der Waals surface area (Å²) >= 11 is 0. The second-order valence-electron chi connectivity index (χ2n) is 15.4. The molecule has 0 radical (unpaired) electrons. The van der Waals surface area contributed by atoms with Crippen LogP contribution in [0.5, 0.6) is 0 Å². The van der Waals surface area contributed by atoms with Gasteiger partial charge in [-0.1, -0.05) is 233 Å². The minimum Gasteiger partial charge on any atom is -0.726 e. The van der Waals surface area contributed by atoms with E-state index in [1.165, 1.54) is 173 Å². The molecule has 0 aliphatic carbocycles. The molecule has 0 rings (SSSR count). The molecule has 0 atom stereocenters. The van der Waals surface area contributed by atoms with E-state index >= 15 is 0 Å². The van der Waals surface area contributed by atoms with Crippen molar-refractivity contribution in [2.75, 3.05) is 19.8 Å². The molecule has 0 spiro atoms. The van der Waals surface area contributed by atoms with Gasteiger partial charge in [0.2, 0.25) is 31.2 Å². The van der Waals surface area contributed by atoms with Gasteiger partial charge in [-0.3, -0.25) is 12.5 Å². The second kappa shape index (κ2) is 57.7. The van der Waals surface area contributed by atoms with Gasteiger partial charge in [0.15, 0.2) is 0 Å². The van der Waals surface area contributed by atoms with Gasteiger partial charge in [-0.2, -0.15) is 0 Å². The van der Waals surface area contributed by atoms with Crippen LogP contribution in [0.4, 0.5) is 0 Å². The summed E-state index contributed by atoms with van der Waals surface area (Å²) in [6.07, 6.45) is 43.7. The average molecular weight is 949 g/mol. The zero-order valence-corrected chi connectivity index (χ0v) is 48.2. The molecule has 0 amide bonds. The molecule has 12 nitrogen and oxygen atoms in total. The van der Waals surface area contributed by atoms with Crippen molar-refractivity contribution in [3.05, 3.63) is 0 Å². The van der Waals surface area contributed by atoms with Gasteiger partial charge in [0.25, 0.3) is 0 Å². The predicted molar refractivity (Wildman–Crippen MR) is 230 cm³/mol. The molecular formula is C42H87Na3O12S3. The summed E-state index contributed by atoms with van der Waals surface area (Å²) in [4.78, 5) is 0. The molecule has 0 N–H and O–H groups in total. The molecule has 0 aliphatic rings. The van der Waals surface area contributed by atoms with Crippen LogP contribution in [0.15, 0.2) is 0 Å². The Morgan fingerprint density at radius 3 is 0.483 bits per heavy atom. The van der Waals surface area contributed by atoms with Crippen LogP contribution in [0.25, 0.3) is 0 Å². The summed E-state index contributed by atoms with van der Waals surface area (Å²) in [5.41, 5.74) is 0. The molecule has 0 saturated heterocycles. The van der Waals surface area contributed by atoms with Crippen molar-refractivity contribution in [2.45, 2.75) is 252 Å². The van der Waals surface area contributed by atoms with E-state index in [1.807, 2.05) is 0 Å². The molecule has 18 heteroatoms. The molecule has 0 saturated carbocycles. The zero-order valence-electron chi connectivity index (χ0n) is 39.7. The first-order valence-electron chi connectivity index (χ1n) is 23.0. The van der Waals surface area contributed by atoms with Crippen LogP contribution in [0, 0.1) is 0 Å². The largest absolute Gasteiger partial charge is 1.00 e. The summed E-state index contributed by atoms with van der Waals surface area (Å²) in [7, 11) is -13.5. The normalized spacial score (nSPS) is 11.3. The minimum absolute atomic E-state index is 0. The number of rotatable bonds is 42. The van der Waals surface area contributed by atoms with E-state index in [9.17, 15) is 38.9 Å². The Hall–Kier alpha value is 2.61. The van der Waals surface area contributed by atoms with E-state index in [4.69, 9.17) is 0 Å². The van der Waals surface area contributed by atoms with Crippen molar-refractivity contribution >= 4 is 31.2 Å². The standard InChI is InChI=1S/C16H34O4S.C14H30O4S.C12H26O4S.3Na/c1-2-3-4-5-6-7-8-9-10-11-12-13-14-15-16-20-21(17,18)19;1-2-3-4-5-6-7-8-9-10-11-12-13-14-18-19(15,16)17;1-2-3-4-5-6-7-8-9-10-11-12-16-17(13,14)15;;;/h2-16H2,1H3,(H,17,18,19);2-14H2,1H3,(H,15,16,17);2-12H2,1H3,(H,13,14,15);;;/q;;;3*+1/p-3. The maximum Gasteiger partial charge on any atom is 1.00 e. The number of hydrogen-bond donors (Lipinski definition) is 0. The van der Waals surface area contributed by atoms with Crippen molar-refractivity contribution in [3.8, 4) is 0 Å². The Kier molecular flexibility index (Phi) is 71.4. The quantitative estimate of drug-likeness (QED) is 0.0374. The van der Waals surface area contributed by atoms with Gasteiger partial charge >= 0.3 is 88.7 Å². The van der Waals surface area contributed by atoms with Crippen molar-refractivity contribution < 1.29 is 140 Å². The van der Waals surface area contributed by atoms with Gasteiger partial charge in [0, 0.05) is 0 Å². The molecule has 348 valence electrons. The molecule has 0 aromatic carbocycles. The number of hydrogen-bond acceptors (Lipinski definition) is 12. The Balaban J connectivity index is -0.000000179. The first kappa shape index (κ1) is 74.2. The second-order valence-corrected chi connectivity index (χ2v) is 18.5. The van der Waals surface area contributed by atoms with Crippen molar-refractivity contribution in [1.29, 1.82) is 0 Å². The Morgan fingerprint density at radius 2 is 0.367 bits per heavy atom. The molecule has 0 aromatic heterocycles. The zero-order chi connectivity index (χ0) is 43.2.